The fourth-order valence-corrected chi connectivity index (χ4v) is 4.06. The van der Waals surface area contributed by atoms with Gasteiger partial charge < -0.3 is 4.90 Å². The highest BCUT2D eigenvalue weighted by Crippen LogP contribution is 2.30. The predicted octanol–water partition coefficient (Wildman–Crippen LogP) is 4.58. The molecule has 0 N–H and O–H groups in total. The van der Waals surface area contributed by atoms with Gasteiger partial charge in [-0.3, -0.25) is 0 Å². The van der Waals surface area contributed by atoms with Gasteiger partial charge in [0.1, 0.15) is 5.52 Å². The van der Waals surface area contributed by atoms with Crippen molar-refractivity contribution in [2.75, 3.05) is 11.4 Å². The average molecular weight is 354 g/mol. The van der Waals surface area contributed by atoms with Crippen LogP contribution in [0.3, 0.4) is 0 Å². The van der Waals surface area contributed by atoms with Crippen molar-refractivity contribution in [2.24, 2.45) is 0 Å². The SMILES string of the molecule is Cc1ccc(-c2cc3c(N4CCc5ccccc5C4)nccn3n2)c(C)c1. The minimum Gasteiger partial charge on any atom is -0.350 e. The molecule has 134 valence electrons. The lowest BCUT2D eigenvalue weighted by Gasteiger charge is -2.30. The molecule has 1 aliphatic heterocycles. The van der Waals surface area contributed by atoms with Crippen molar-refractivity contribution in [1.82, 2.24) is 14.6 Å². The number of hydrogen-bond acceptors (Lipinski definition) is 3. The molecular weight excluding hydrogens is 332 g/mol. The number of hydrogen-bond donors (Lipinski definition) is 0. The third-order valence-corrected chi connectivity index (χ3v) is 5.46. The second-order valence-electron chi connectivity index (χ2n) is 7.37. The molecular formula is C23H22N4. The highest BCUT2D eigenvalue weighted by Gasteiger charge is 2.20. The molecule has 0 unspecified atom stereocenters. The van der Waals surface area contributed by atoms with Gasteiger partial charge in [0.25, 0.3) is 0 Å². The van der Waals surface area contributed by atoms with Crippen molar-refractivity contribution in [1.29, 1.82) is 0 Å². The van der Waals surface area contributed by atoms with Gasteiger partial charge in [-0.15, -0.1) is 0 Å². The van der Waals surface area contributed by atoms with Gasteiger partial charge in [0, 0.05) is 31.0 Å². The summed E-state index contributed by atoms with van der Waals surface area (Å²) in [6, 6.07) is 17.4. The zero-order valence-corrected chi connectivity index (χ0v) is 15.7. The molecule has 0 bridgehead atoms. The summed E-state index contributed by atoms with van der Waals surface area (Å²) in [5.74, 6) is 1.01. The Balaban J connectivity index is 1.57. The lowest BCUT2D eigenvalue weighted by Crippen LogP contribution is -2.31. The first-order chi connectivity index (χ1) is 13.2. The van der Waals surface area contributed by atoms with E-state index in [2.05, 4.69) is 67.3 Å². The monoisotopic (exact) mass is 354 g/mol. The Labute approximate surface area is 159 Å². The van der Waals surface area contributed by atoms with Gasteiger partial charge in [-0.05, 0) is 43.0 Å². The Bertz CT molecular complexity index is 1140. The van der Waals surface area contributed by atoms with Crippen LogP contribution in [-0.2, 0) is 13.0 Å². The molecule has 0 saturated heterocycles. The van der Waals surface area contributed by atoms with E-state index in [9.17, 15) is 0 Å². The highest BCUT2D eigenvalue weighted by atomic mass is 15.3. The van der Waals surface area contributed by atoms with Crippen molar-refractivity contribution in [3.8, 4) is 11.3 Å². The van der Waals surface area contributed by atoms with E-state index in [0.717, 1.165) is 36.5 Å². The number of fused-ring (bicyclic) bond motifs is 2. The molecule has 0 spiro atoms. The Hall–Kier alpha value is -3.14. The number of aromatic nitrogens is 3. The van der Waals surface area contributed by atoms with E-state index in [1.807, 2.05) is 16.9 Å². The van der Waals surface area contributed by atoms with Crippen LogP contribution in [-0.4, -0.2) is 21.1 Å². The molecule has 5 rings (SSSR count). The van der Waals surface area contributed by atoms with Gasteiger partial charge in [-0.2, -0.15) is 5.10 Å². The summed E-state index contributed by atoms with van der Waals surface area (Å²) in [7, 11) is 0. The minimum absolute atomic E-state index is 0.896. The molecule has 4 nitrogen and oxygen atoms in total. The molecule has 0 saturated carbocycles. The van der Waals surface area contributed by atoms with E-state index in [1.165, 1.54) is 27.8 Å². The van der Waals surface area contributed by atoms with Crippen LogP contribution >= 0.6 is 0 Å². The molecule has 0 atom stereocenters. The molecule has 4 heteroatoms. The van der Waals surface area contributed by atoms with Crippen molar-refractivity contribution in [2.45, 2.75) is 26.8 Å². The summed E-state index contributed by atoms with van der Waals surface area (Å²) >= 11 is 0. The predicted molar refractivity (Wildman–Crippen MR) is 109 cm³/mol. The van der Waals surface area contributed by atoms with Gasteiger partial charge in [0.2, 0.25) is 0 Å². The third kappa shape index (κ3) is 2.78. The number of anilines is 1. The van der Waals surface area contributed by atoms with Crippen molar-refractivity contribution >= 4 is 11.3 Å². The second-order valence-corrected chi connectivity index (χ2v) is 7.37. The number of aryl methyl sites for hydroxylation is 2. The van der Waals surface area contributed by atoms with Crippen LogP contribution in [0.1, 0.15) is 22.3 Å². The maximum atomic E-state index is 4.82. The number of rotatable bonds is 2. The van der Waals surface area contributed by atoms with Crippen molar-refractivity contribution < 1.29 is 0 Å². The summed E-state index contributed by atoms with van der Waals surface area (Å²) in [6.07, 6.45) is 4.84. The minimum atomic E-state index is 0.896. The molecule has 3 heterocycles. The molecule has 2 aromatic heterocycles. The maximum absolute atomic E-state index is 4.82. The molecule has 0 amide bonds. The van der Waals surface area contributed by atoms with E-state index in [4.69, 9.17) is 10.1 Å². The van der Waals surface area contributed by atoms with Crippen LogP contribution in [0.5, 0.6) is 0 Å². The van der Waals surface area contributed by atoms with Crippen LogP contribution < -0.4 is 4.90 Å². The van der Waals surface area contributed by atoms with Gasteiger partial charge in [0.05, 0.1) is 5.69 Å². The molecule has 27 heavy (non-hydrogen) atoms. The number of benzene rings is 2. The van der Waals surface area contributed by atoms with Crippen molar-refractivity contribution in [3.05, 3.63) is 83.2 Å². The first-order valence-electron chi connectivity index (χ1n) is 9.43. The van der Waals surface area contributed by atoms with Gasteiger partial charge in [-0.1, -0.05) is 48.0 Å². The Morgan fingerprint density at radius 3 is 2.67 bits per heavy atom. The van der Waals surface area contributed by atoms with Crippen LogP contribution in [0.15, 0.2) is 60.9 Å². The highest BCUT2D eigenvalue weighted by molar-refractivity contribution is 5.76. The van der Waals surface area contributed by atoms with Gasteiger partial charge in [-0.25, -0.2) is 9.50 Å². The normalized spacial score (nSPS) is 13.8. The maximum Gasteiger partial charge on any atom is 0.155 e. The standard InChI is InChI=1S/C23H22N4/c1-16-7-8-20(17(2)13-16)21-14-22-23(24-10-12-27(22)25-21)26-11-9-18-5-3-4-6-19(18)15-26/h3-8,10,12-14H,9,11,15H2,1-2H3. The number of nitrogens with zero attached hydrogens (tertiary/aromatic N) is 4. The molecule has 0 fully saturated rings. The lowest BCUT2D eigenvalue weighted by atomic mass is 10.00. The summed E-state index contributed by atoms with van der Waals surface area (Å²) in [5, 5.41) is 4.82. The smallest absolute Gasteiger partial charge is 0.155 e. The second kappa shape index (κ2) is 6.23. The third-order valence-electron chi connectivity index (χ3n) is 5.46. The quantitative estimate of drug-likeness (QED) is 0.528. The van der Waals surface area contributed by atoms with Gasteiger partial charge in [0.15, 0.2) is 5.82 Å². The van der Waals surface area contributed by atoms with Crippen LogP contribution in [0.4, 0.5) is 5.82 Å². The molecule has 0 aliphatic carbocycles. The van der Waals surface area contributed by atoms with E-state index in [0.29, 0.717) is 0 Å². The first kappa shape index (κ1) is 16.1. The average Bonchev–Trinajstić information content (AvgIpc) is 3.11. The Morgan fingerprint density at radius 2 is 1.81 bits per heavy atom. The van der Waals surface area contributed by atoms with E-state index in [-0.39, 0.29) is 0 Å². The Kier molecular flexibility index (Phi) is 3.71. The van der Waals surface area contributed by atoms with Crippen molar-refractivity contribution in [3.63, 3.8) is 0 Å². The summed E-state index contributed by atoms with van der Waals surface area (Å²) in [5.41, 5.74) is 8.60. The van der Waals surface area contributed by atoms with E-state index in [1.54, 1.807) is 0 Å². The van der Waals surface area contributed by atoms with Gasteiger partial charge >= 0.3 is 0 Å². The molecule has 4 aromatic rings. The molecule has 0 radical (unpaired) electrons. The summed E-state index contributed by atoms with van der Waals surface area (Å²) in [6.45, 7) is 6.14. The zero-order valence-electron chi connectivity index (χ0n) is 15.7. The lowest BCUT2D eigenvalue weighted by molar-refractivity contribution is 0.720. The molecule has 2 aromatic carbocycles. The summed E-state index contributed by atoms with van der Waals surface area (Å²) in [4.78, 5) is 7.08. The summed E-state index contributed by atoms with van der Waals surface area (Å²) < 4.78 is 1.96. The van der Waals surface area contributed by atoms with Crippen LogP contribution in [0, 0.1) is 13.8 Å². The largest absolute Gasteiger partial charge is 0.350 e. The zero-order chi connectivity index (χ0) is 18.4. The van der Waals surface area contributed by atoms with E-state index >= 15 is 0 Å². The molecule has 1 aliphatic rings. The topological polar surface area (TPSA) is 33.4 Å². The first-order valence-corrected chi connectivity index (χ1v) is 9.43. The van der Waals surface area contributed by atoms with E-state index < -0.39 is 0 Å². The van der Waals surface area contributed by atoms with Crippen LogP contribution in [0.25, 0.3) is 16.8 Å². The Morgan fingerprint density at radius 1 is 0.963 bits per heavy atom. The fraction of sp³-hybridized carbons (Fsp3) is 0.217. The van der Waals surface area contributed by atoms with Crippen LogP contribution in [0.2, 0.25) is 0 Å². The fourth-order valence-electron chi connectivity index (χ4n) is 4.06.